The lowest BCUT2D eigenvalue weighted by molar-refractivity contribution is -0.120. The van der Waals surface area contributed by atoms with Crippen molar-refractivity contribution in [1.82, 2.24) is 5.32 Å². The zero-order chi connectivity index (χ0) is 24.9. The molecule has 0 saturated heterocycles. The van der Waals surface area contributed by atoms with Gasteiger partial charge in [-0.2, -0.15) is 0 Å². The molecule has 0 fully saturated rings. The molecule has 3 rings (SSSR count). The fraction of sp³-hybridized carbons (Fsp3) is 0.321. The predicted molar refractivity (Wildman–Crippen MR) is 135 cm³/mol. The van der Waals surface area contributed by atoms with Crippen LogP contribution >= 0.6 is 0 Å². The summed E-state index contributed by atoms with van der Waals surface area (Å²) in [5.74, 6) is 3.10. The van der Waals surface area contributed by atoms with Crippen LogP contribution in [0.25, 0.3) is 0 Å². The number of amides is 1. The molecule has 0 aliphatic rings. The first-order valence-electron chi connectivity index (χ1n) is 11.6. The van der Waals surface area contributed by atoms with Crippen LogP contribution < -0.4 is 29.0 Å². The van der Waals surface area contributed by atoms with Gasteiger partial charge >= 0.3 is 0 Å². The molecule has 0 atom stereocenters. The molecule has 7 nitrogen and oxygen atoms in total. The van der Waals surface area contributed by atoms with Crippen LogP contribution in [0, 0.1) is 0 Å². The normalized spacial score (nSPS) is 10.4. The largest absolute Gasteiger partial charge is 0.494 e. The third-order valence-electron chi connectivity index (χ3n) is 5.32. The molecule has 1 amide bonds. The van der Waals surface area contributed by atoms with Crippen LogP contribution in [0.15, 0.2) is 66.7 Å². The minimum atomic E-state index is -0.0636. The molecule has 35 heavy (non-hydrogen) atoms. The molecule has 0 heterocycles. The number of carbonyl (C=O) groups is 1. The Morgan fingerprint density at radius 3 is 1.97 bits per heavy atom. The van der Waals surface area contributed by atoms with Crippen LogP contribution in [-0.2, 0) is 17.8 Å². The maximum Gasteiger partial charge on any atom is 0.224 e. The SMILES string of the molecule is COc1cc(CC(=O)NCCCCOc2ccc(OCc3ccccc3)cc2)cc(OC)c1OC. The summed E-state index contributed by atoms with van der Waals surface area (Å²) in [5, 5.41) is 2.94. The quantitative estimate of drug-likeness (QED) is 0.335. The van der Waals surface area contributed by atoms with Crippen LogP contribution in [0.5, 0.6) is 28.7 Å². The van der Waals surface area contributed by atoms with Gasteiger partial charge in [-0.3, -0.25) is 4.79 Å². The van der Waals surface area contributed by atoms with Gasteiger partial charge < -0.3 is 29.0 Å². The fourth-order valence-corrected chi connectivity index (χ4v) is 3.50. The molecule has 7 heteroatoms. The Labute approximate surface area is 206 Å². The summed E-state index contributed by atoms with van der Waals surface area (Å²) >= 11 is 0. The Morgan fingerprint density at radius 2 is 1.37 bits per heavy atom. The number of rotatable bonds is 14. The van der Waals surface area contributed by atoms with Crippen molar-refractivity contribution >= 4 is 5.91 Å². The number of benzene rings is 3. The second-order valence-electron chi connectivity index (χ2n) is 7.86. The van der Waals surface area contributed by atoms with Gasteiger partial charge in [-0.25, -0.2) is 0 Å². The molecule has 186 valence electrons. The molecule has 0 radical (unpaired) electrons. The van der Waals surface area contributed by atoms with Crippen molar-refractivity contribution in [2.24, 2.45) is 0 Å². The molecule has 0 aromatic heterocycles. The maximum absolute atomic E-state index is 12.3. The second-order valence-corrected chi connectivity index (χ2v) is 7.86. The number of hydrogen-bond donors (Lipinski definition) is 1. The molecule has 0 aliphatic heterocycles. The molecule has 0 spiro atoms. The van der Waals surface area contributed by atoms with Crippen molar-refractivity contribution in [1.29, 1.82) is 0 Å². The lowest BCUT2D eigenvalue weighted by Crippen LogP contribution is -2.26. The van der Waals surface area contributed by atoms with Crippen molar-refractivity contribution in [2.45, 2.75) is 25.9 Å². The van der Waals surface area contributed by atoms with E-state index in [1.165, 1.54) is 0 Å². The fourth-order valence-electron chi connectivity index (χ4n) is 3.50. The van der Waals surface area contributed by atoms with E-state index in [1.54, 1.807) is 33.5 Å². The van der Waals surface area contributed by atoms with Crippen LogP contribution in [0.2, 0.25) is 0 Å². The molecule has 0 unspecified atom stereocenters. The Bertz CT molecular complexity index is 1030. The predicted octanol–water partition coefficient (Wildman–Crippen LogP) is 4.81. The summed E-state index contributed by atoms with van der Waals surface area (Å²) in [4.78, 5) is 12.3. The maximum atomic E-state index is 12.3. The molecular weight excluding hydrogens is 446 g/mol. The highest BCUT2D eigenvalue weighted by molar-refractivity contribution is 5.79. The van der Waals surface area contributed by atoms with Crippen molar-refractivity contribution in [3.05, 3.63) is 77.9 Å². The van der Waals surface area contributed by atoms with Crippen LogP contribution in [-0.4, -0.2) is 40.4 Å². The van der Waals surface area contributed by atoms with Crippen molar-refractivity contribution < 1.29 is 28.5 Å². The first-order valence-corrected chi connectivity index (χ1v) is 11.6. The standard InChI is InChI=1S/C28H33NO6/c1-31-25-17-22(18-26(32-2)28(25)33-3)19-27(30)29-15-7-8-16-34-23-11-13-24(14-12-23)35-20-21-9-5-4-6-10-21/h4-6,9-14,17-18H,7-8,15-16,19-20H2,1-3H3,(H,29,30). The zero-order valence-electron chi connectivity index (χ0n) is 20.5. The first-order chi connectivity index (χ1) is 17.1. The van der Waals surface area contributed by atoms with Gasteiger partial charge in [0.2, 0.25) is 11.7 Å². The second kappa shape index (κ2) is 13.7. The summed E-state index contributed by atoms with van der Waals surface area (Å²) in [7, 11) is 4.65. The van der Waals surface area contributed by atoms with Gasteiger partial charge in [0.05, 0.1) is 34.4 Å². The van der Waals surface area contributed by atoms with Crippen LogP contribution in [0.1, 0.15) is 24.0 Å². The van der Waals surface area contributed by atoms with E-state index < -0.39 is 0 Å². The van der Waals surface area contributed by atoms with E-state index in [4.69, 9.17) is 23.7 Å². The highest BCUT2D eigenvalue weighted by atomic mass is 16.5. The molecule has 3 aromatic carbocycles. The van der Waals surface area contributed by atoms with E-state index in [-0.39, 0.29) is 12.3 Å². The van der Waals surface area contributed by atoms with Crippen molar-refractivity contribution in [3.63, 3.8) is 0 Å². The van der Waals surface area contributed by atoms with Gasteiger partial charge in [-0.15, -0.1) is 0 Å². The monoisotopic (exact) mass is 479 g/mol. The number of carbonyl (C=O) groups excluding carboxylic acids is 1. The Morgan fingerprint density at radius 1 is 0.743 bits per heavy atom. The molecule has 0 bridgehead atoms. The van der Waals surface area contributed by atoms with E-state index in [1.807, 2.05) is 54.6 Å². The molecule has 0 saturated carbocycles. The van der Waals surface area contributed by atoms with Crippen LogP contribution in [0.3, 0.4) is 0 Å². The van der Waals surface area contributed by atoms with E-state index in [0.717, 1.165) is 35.5 Å². The minimum absolute atomic E-state index is 0.0636. The molecule has 1 N–H and O–H groups in total. The highest BCUT2D eigenvalue weighted by Gasteiger charge is 2.14. The number of ether oxygens (including phenoxy) is 5. The zero-order valence-corrected chi connectivity index (χ0v) is 20.5. The molecular formula is C28H33NO6. The number of nitrogens with one attached hydrogen (secondary N) is 1. The molecule has 0 aliphatic carbocycles. The van der Waals surface area contributed by atoms with Crippen LogP contribution in [0.4, 0.5) is 0 Å². The van der Waals surface area contributed by atoms with Gasteiger partial charge in [0, 0.05) is 6.54 Å². The van der Waals surface area contributed by atoms with Crippen molar-refractivity contribution in [2.75, 3.05) is 34.5 Å². The number of hydrogen-bond acceptors (Lipinski definition) is 6. The lowest BCUT2D eigenvalue weighted by Gasteiger charge is -2.14. The van der Waals surface area contributed by atoms with Crippen molar-refractivity contribution in [3.8, 4) is 28.7 Å². The Hall–Kier alpha value is -3.87. The van der Waals surface area contributed by atoms with E-state index >= 15 is 0 Å². The van der Waals surface area contributed by atoms with Gasteiger partial charge in [-0.05, 0) is 60.4 Å². The third-order valence-corrected chi connectivity index (χ3v) is 5.32. The summed E-state index contributed by atoms with van der Waals surface area (Å²) in [5.41, 5.74) is 1.92. The van der Waals surface area contributed by atoms with E-state index in [2.05, 4.69) is 5.32 Å². The van der Waals surface area contributed by atoms with Gasteiger partial charge in [-0.1, -0.05) is 30.3 Å². The Balaban J connectivity index is 1.32. The average molecular weight is 480 g/mol. The summed E-state index contributed by atoms with van der Waals surface area (Å²) in [6.45, 7) is 1.69. The van der Waals surface area contributed by atoms with E-state index in [0.29, 0.717) is 37.0 Å². The minimum Gasteiger partial charge on any atom is -0.494 e. The van der Waals surface area contributed by atoms with Gasteiger partial charge in [0.15, 0.2) is 11.5 Å². The summed E-state index contributed by atoms with van der Waals surface area (Å²) < 4.78 is 27.6. The number of unbranched alkanes of at least 4 members (excludes halogenated alkanes) is 1. The summed E-state index contributed by atoms with van der Waals surface area (Å²) in [6.07, 6.45) is 1.88. The number of methoxy groups -OCH3 is 3. The Kier molecular flexibility index (Phi) is 10.1. The lowest BCUT2D eigenvalue weighted by atomic mass is 10.1. The first kappa shape index (κ1) is 25.7. The smallest absolute Gasteiger partial charge is 0.224 e. The average Bonchev–Trinajstić information content (AvgIpc) is 2.90. The summed E-state index contributed by atoms with van der Waals surface area (Å²) in [6, 6.07) is 21.2. The van der Waals surface area contributed by atoms with E-state index in [9.17, 15) is 4.79 Å². The van der Waals surface area contributed by atoms with Gasteiger partial charge in [0.25, 0.3) is 0 Å². The van der Waals surface area contributed by atoms with Gasteiger partial charge in [0.1, 0.15) is 18.1 Å². The topological polar surface area (TPSA) is 75.3 Å². The molecule has 3 aromatic rings. The highest BCUT2D eigenvalue weighted by Crippen LogP contribution is 2.38. The third kappa shape index (κ3) is 8.14.